The number of methoxy groups -OCH3 is 1. The molecule has 0 amide bonds. The van der Waals surface area contributed by atoms with Crippen molar-refractivity contribution < 1.29 is 13.9 Å². The van der Waals surface area contributed by atoms with Crippen molar-refractivity contribution in [2.45, 2.75) is 33.4 Å². The first-order chi connectivity index (χ1) is 17.0. The minimum Gasteiger partial charge on any atom is -0.493 e. The Hall–Kier alpha value is -3.79. The van der Waals surface area contributed by atoms with E-state index in [1.54, 1.807) is 26.2 Å². The van der Waals surface area contributed by atoms with Crippen LogP contribution in [0.15, 0.2) is 36.7 Å². The van der Waals surface area contributed by atoms with Crippen LogP contribution in [0.3, 0.4) is 0 Å². The van der Waals surface area contributed by atoms with E-state index in [0.29, 0.717) is 29.5 Å². The molecule has 0 fully saturated rings. The van der Waals surface area contributed by atoms with Crippen LogP contribution in [0.2, 0.25) is 0 Å². The topological polar surface area (TPSA) is 90.2 Å². The first-order valence-corrected chi connectivity index (χ1v) is 11.6. The number of fused-ring (bicyclic) bond motifs is 2. The number of anilines is 2. The van der Waals surface area contributed by atoms with E-state index in [1.807, 2.05) is 19.1 Å². The normalized spacial score (nSPS) is 13.6. The zero-order chi connectivity index (χ0) is 24.4. The van der Waals surface area contributed by atoms with Gasteiger partial charge in [0.25, 0.3) is 0 Å². The van der Waals surface area contributed by atoms with Gasteiger partial charge in [-0.2, -0.15) is 0 Å². The average molecular weight is 478 g/mol. The van der Waals surface area contributed by atoms with Gasteiger partial charge in [0.1, 0.15) is 29.6 Å². The highest BCUT2D eigenvalue weighted by Gasteiger charge is 2.19. The third kappa shape index (κ3) is 4.88. The second kappa shape index (κ2) is 9.83. The average Bonchev–Trinajstić information content (AvgIpc) is 3.24. The summed E-state index contributed by atoms with van der Waals surface area (Å²) in [5.41, 5.74) is 2.02. The van der Waals surface area contributed by atoms with E-state index in [2.05, 4.69) is 34.9 Å². The molecule has 1 N–H and O–H groups in total. The van der Waals surface area contributed by atoms with Crippen molar-refractivity contribution in [2.75, 3.05) is 32.1 Å². The second-order valence-electron chi connectivity index (χ2n) is 8.62. The largest absolute Gasteiger partial charge is 0.493 e. The van der Waals surface area contributed by atoms with Crippen LogP contribution in [0, 0.1) is 19.7 Å². The number of rotatable bonds is 8. The lowest BCUT2D eigenvalue weighted by Crippen LogP contribution is -2.35. The minimum atomic E-state index is -0.245. The maximum absolute atomic E-state index is 13.7. The Morgan fingerprint density at radius 3 is 2.77 bits per heavy atom. The van der Waals surface area contributed by atoms with Crippen molar-refractivity contribution in [3.63, 3.8) is 0 Å². The van der Waals surface area contributed by atoms with Crippen molar-refractivity contribution in [3.8, 4) is 11.5 Å². The molecule has 9 nitrogen and oxygen atoms in total. The molecule has 1 aliphatic heterocycles. The lowest BCUT2D eigenvalue weighted by atomic mass is 10.2. The van der Waals surface area contributed by atoms with E-state index in [0.717, 1.165) is 60.8 Å². The minimum absolute atomic E-state index is 0.245. The molecule has 1 aliphatic rings. The Morgan fingerprint density at radius 2 is 1.94 bits per heavy atom. The van der Waals surface area contributed by atoms with Crippen molar-refractivity contribution in [1.29, 1.82) is 0 Å². The van der Waals surface area contributed by atoms with Crippen LogP contribution in [0.4, 0.5) is 15.9 Å². The molecule has 4 aromatic rings. The van der Waals surface area contributed by atoms with Gasteiger partial charge in [0.15, 0.2) is 11.5 Å². The lowest BCUT2D eigenvalue weighted by Gasteiger charge is -2.27. The predicted octanol–water partition coefficient (Wildman–Crippen LogP) is 4.01. The van der Waals surface area contributed by atoms with Crippen LogP contribution in [-0.2, 0) is 13.1 Å². The summed E-state index contributed by atoms with van der Waals surface area (Å²) in [5, 5.41) is 12.5. The standard InChI is InChI=1S/C25H28FN7O2/c1-16-11-18(5-6-20(16)26)29-25-19-12-23(22(34-3)13-21(19)27-15-28-25)35-10-4-7-32-8-9-33-17(2)30-31-24(33)14-32/h5-6,11-13,15H,4,7-10,14H2,1-3H3,(H,27,28,29). The van der Waals surface area contributed by atoms with Gasteiger partial charge in [0.05, 0.1) is 25.8 Å². The van der Waals surface area contributed by atoms with Crippen LogP contribution in [0.25, 0.3) is 10.9 Å². The molecule has 0 saturated carbocycles. The fourth-order valence-electron chi connectivity index (χ4n) is 4.31. The number of halogens is 1. The molecule has 5 rings (SSSR count). The van der Waals surface area contributed by atoms with E-state index in [-0.39, 0.29) is 5.82 Å². The molecule has 0 unspecified atom stereocenters. The van der Waals surface area contributed by atoms with Crippen molar-refractivity contribution in [2.24, 2.45) is 0 Å². The second-order valence-corrected chi connectivity index (χ2v) is 8.62. The molecule has 0 saturated heterocycles. The van der Waals surface area contributed by atoms with E-state index in [1.165, 1.54) is 12.4 Å². The van der Waals surface area contributed by atoms with Crippen LogP contribution < -0.4 is 14.8 Å². The van der Waals surface area contributed by atoms with Gasteiger partial charge in [0, 0.05) is 36.8 Å². The molecule has 35 heavy (non-hydrogen) atoms. The number of aromatic nitrogens is 5. The number of nitrogens with zero attached hydrogens (tertiary/aromatic N) is 6. The number of benzene rings is 2. The van der Waals surface area contributed by atoms with Crippen LogP contribution in [0.5, 0.6) is 11.5 Å². The monoisotopic (exact) mass is 477 g/mol. The Kier molecular flexibility index (Phi) is 6.45. The summed E-state index contributed by atoms with van der Waals surface area (Å²) >= 11 is 0. The molecule has 2 aromatic carbocycles. The third-order valence-corrected chi connectivity index (χ3v) is 6.23. The number of nitrogens with one attached hydrogen (secondary N) is 1. The van der Waals surface area contributed by atoms with Gasteiger partial charge in [-0.05, 0) is 50.1 Å². The summed E-state index contributed by atoms with van der Waals surface area (Å²) in [4.78, 5) is 11.1. The highest BCUT2D eigenvalue weighted by molar-refractivity contribution is 5.93. The van der Waals surface area contributed by atoms with Gasteiger partial charge >= 0.3 is 0 Å². The SMILES string of the molecule is COc1cc2ncnc(Nc3ccc(F)c(C)c3)c2cc1OCCCN1CCn2c(C)nnc2C1. The molecule has 0 spiro atoms. The maximum atomic E-state index is 13.7. The summed E-state index contributed by atoms with van der Waals surface area (Å²) in [6.45, 7) is 7.85. The van der Waals surface area contributed by atoms with Gasteiger partial charge in [-0.15, -0.1) is 10.2 Å². The first kappa shape index (κ1) is 23.0. The quantitative estimate of drug-likeness (QED) is 0.381. The van der Waals surface area contributed by atoms with E-state index < -0.39 is 0 Å². The van der Waals surface area contributed by atoms with Crippen LogP contribution >= 0.6 is 0 Å². The Bertz CT molecular complexity index is 1360. The molecule has 0 bridgehead atoms. The smallest absolute Gasteiger partial charge is 0.162 e. The zero-order valence-electron chi connectivity index (χ0n) is 20.1. The van der Waals surface area contributed by atoms with E-state index in [4.69, 9.17) is 9.47 Å². The Morgan fingerprint density at radius 1 is 1.06 bits per heavy atom. The summed E-state index contributed by atoms with van der Waals surface area (Å²) in [5.74, 6) is 3.59. The number of aryl methyl sites for hydroxylation is 2. The highest BCUT2D eigenvalue weighted by Crippen LogP contribution is 2.35. The van der Waals surface area contributed by atoms with Gasteiger partial charge in [-0.3, -0.25) is 4.90 Å². The van der Waals surface area contributed by atoms with Crippen molar-refractivity contribution in [3.05, 3.63) is 59.7 Å². The van der Waals surface area contributed by atoms with Crippen LogP contribution in [0.1, 0.15) is 23.6 Å². The van der Waals surface area contributed by atoms with Gasteiger partial charge in [-0.25, -0.2) is 14.4 Å². The number of hydrogen-bond donors (Lipinski definition) is 1. The summed E-state index contributed by atoms with van der Waals surface area (Å²) in [6, 6.07) is 8.59. The zero-order valence-corrected chi connectivity index (χ0v) is 20.1. The van der Waals surface area contributed by atoms with Crippen molar-refractivity contribution >= 4 is 22.4 Å². The molecule has 10 heteroatoms. The van der Waals surface area contributed by atoms with E-state index in [9.17, 15) is 4.39 Å². The molecule has 0 atom stereocenters. The Balaban J connectivity index is 1.27. The van der Waals surface area contributed by atoms with E-state index >= 15 is 0 Å². The molecule has 0 aliphatic carbocycles. The fraction of sp³-hybridized carbons (Fsp3) is 0.360. The van der Waals surface area contributed by atoms with Gasteiger partial charge < -0.3 is 19.4 Å². The third-order valence-electron chi connectivity index (χ3n) is 6.23. The molecule has 0 radical (unpaired) electrons. The van der Waals surface area contributed by atoms with Crippen molar-refractivity contribution in [1.82, 2.24) is 29.6 Å². The molecule has 2 aromatic heterocycles. The fourth-order valence-corrected chi connectivity index (χ4v) is 4.31. The van der Waals surface area contributed by atoms with Gasteiger partial charge in [0.2, 0.25) is 0 Å². The summed E-state index contributed by atoms with van der Waals surface area (Å²) < 4.78 is 27.5. The molecule has 182 valence electrons. The molecular weight excluding hydrogens is 449 g/mol. The molecule has 3 heterocycles. The number of ether oxygens (including phenoxy) is 2. The summed E-state index contributed by atoms with van der Waals surface area (Å²) in [7, 11) is 1.61. The first-order valence-electron chi connectivity index (χ1n) is 11.6. The summed E-state index contributed by atoms with van der Waals surface area (Å²) in [6.07, 6.45) is 2.35. The predicted molar refractivity (Wildman–Crippen MR) is 131 cm³/mol. The highest BCUT2D eigenvalue weighted by atomic mass is 19.1. The Labute approximate surface area is 202 Å². The van der Waals surface area contributed by atoms with Crippen LogP contribution in [-0.4, -0.2) is 56.4 Å². The lowest BCUT2D eigenvalue weighted by molar-refractivity contribution is 0.193. The molecular formula is C25H28FN7O2. The maximum Gasteiger partial charge on any atom is 0.162 e. The van der Waals surface area contributed by atoms with Gasteiger partial charge in [-0.1, -0.05) is 0 Å². The number of hydrogen-bond acceptors (Lipinski definition) is 8.